The summed E-state index contributed by atoms with van der Waals surface area (Å²) in [5.74, 6) is 1.08. The molecule has 0 unspecified atom stereocenters. The van der Waals surface area contributed by atoms with Crippen molar-refractivity contribution in [2.45, 2.75) is 6.42 Å². The van der Waals surface area contributed by atoms with E-state index >= 15 is 0 Å². The van der Waals surface area contributed by atoms with E-state index in [9.17, 15) is 4.57 Å². The van der Waals surface area contributed by atoms with Gasteiger partial charge in [0.2, 0.25) is 0 Å². The first kappa shape index (κ1) is 18.0. The molecule has 132 valence electrons. The fourth-order valence-corrected chi connectivity index (χ4v) is 3.98. The van der Waals surface area contributed by atoms with Crippen LogP contribution in [0.25, 0.3) is 6.08 Å². The zero-order valence-corrected chi connectivity index (χ0v) is 15.3. The second kappa shape index (κ2) is 9.07. The lowest BCUT2D eigenvalue weighted by atomic mass is 10.2. The van der Waals surface area contributed by atoms with E-state index in [4.69, 9.17) is 9.05 Å². The van der Waals surface area contributed by atoms with Crippen LogP contribution >= 0.6 is 7.60 Å². The van der Waals surface area contributed by atoms with Crippen molar-refractivity contribution in [2.24, 2.45) is 0 Å². The Balaban J connectivity index is 1.70. The van der Waals surface area contributed by atoms with E-state index in [0.29, 0.717) is 24.1 Å². The van der Waals surface area contributed by atoms with Crippen LogP contribution in [0.3, 0.4) is 0 Å². The highest BCUT2D eigenvalue weighted by molar-refractivity contribution is 7.54. The number of hydrogen-bond donors (Lipinski definition) is 0. The van der Waals surface area contributed by atoms with Crippen molar-refractivity contribution in [3.8, 4) is 11.5 Å². The smallest absolute Gasteiger partial charge is 0.416 e. The average Bonchev–Trinajstić information content (AvgIpc) is 2.68. The third kappa shape index (κ3) is 5.65. The summed E-state index contributed by atoms with van der Waals surface area (Å²) in [6, 6.07) is 28.3. The molecule has 0 saturated heterocycles. The van der Waals surface area contributed by atoms with E-state index < -0.39 is 7.60 Å². The Bertz CT molecular complexity index is 816. The van der Waals surface area contributed by atoms with Crippen molar-refractivity contribution in [1.29, 1.82) is 0 Å². The SMILES string of the molecule is O=P(CCC=Cc1ccccc1)(Oc1ccccc1)Oc1ccccc1. The molecule has 0 saturated carbocycles. The minimum atomic E-state index is -3.34. The molecule has 0 aliphatic rings. The Morgan fingerprint density at radius 1 is 0.692 bits per heavy atom. The fourth-order valence-electron chi connectivity index (χ4n) is 2.41. The predicted octanol–water partition coefficient (Wildman–Crippen LogP) is 6.44. The van der Waals surface area contributed by atoms with Crippen LogP contribution in [0.5, 0.6) is 11.5 Å². The van der Waals surface area contributed by atoms with Gasteiger partial charge in [0, 0.05) is 0 Å². The molecule has 0 N–H and O–H groups in total. The van der Waals surface area contributed by atoms with E-state index in [1.807, 2.05) is 78.9 Å². The molecule has 3 aromatic rings. The number of hydrogen-bond acceptors (Lipinski definition) is 3. The molecule has 0 amide bonds. The predicted molar refractivity (Wildman–Crippen MR) is 107 cm³/mol. The van der Waals surface area contributed by atoms with Crippen molar-refractivity contribution in [3.05, 3.63) is 103 Å². The molecule has 0 aromatic heterocycles. The Hall–Kier alpha value is -2.77. The van der Waals surface area contributed by atoms with Gasteiger partial charge in [0.15, 0.2) is 0 Å². The topological polar surface area (TPSA) is 35.5 Å². The van der Waals surface area contributed by atoms with Crippen LogP contribution < -0.4 is 9.05 Å². The summed E-state index contributed by atoms with van der Waals surface area (Å²) in [6.07, 6.45) is 4.88. The first-order valence-electron chi connectivity index (χ1n) is 8.53. The van der Waals surface area contributed by atoms with E-state index in [1.165, 1.54) is 0 Å². The molecule has 26 heavy (non-hydrogen) atoms. The van der Waals surface area contributed by atoms with Crippen LogP contribution in [0.4, 0.5) is 0 Å². The third-order valence-corrected chi connectivity index (χ3v) is 5.44. The Kier molecular flexibility index (Phi) is 6.29. The molecule has 0 heterocycles. The Morgan fingerprint density at radius 3 is 1.65 bits per heavy atom. The maximum atomic E-state index is 13.3. The minimum Gasteiger partial charge on any atom is -0.416 e. The summed E-state index contributed by atoms with van der Waals surface area (Å²) in [5, 5.41) is 0. The first-order valence-corrected chi connectivity index (χ1v) is 10.3. The van der Waals surface area contributed by atoms with E-state index in [1.54, 1.807) is 24.3 Å². The molecule has 0 atom stereocenters. The monoisotopic (exact) mass is 364 g/mol. The lowest BCUT2D eigenvalue weighted by Gasteiger charge is -2.19. The summed E-state index contributed by atoms with van der Waals surface area (Å²) in [5.41, 5.74) is 1.11. The molecular formula is C22H21O3P. The van der Waals surface area contributed by atoms with Gasteiger partial charge >= 0.3 is 7.60 Å². The summed E-state index contributed by atoms with van der Waals surface area (Å²) in [6.45, 7) is 0. The van der Waals surface area contributed by atoms with E-state index in [-0.39, 0.29) is 0 Å². The lowest BCUT2D eigenvalue weighted by Crippen LogP contribution is -2.05. The van der Waals surface area contributed by atoms with Gasteiger partial charge in [0.1, 0.15) is 11.5 Å². The second-order valence-corrected chi connectivity index (χ2v) is 7.78. The Labute approximate surface area is 154 Å². The van der Waals surface area contributed by atoms with Gasteiger partial charge in [-0.2, -0.15) is 0 Å². The van der Waals surface area contributed by atoms with Crippen molar-refractivity contribution >= 4 is 13.7 Å². The first-order chi connectivity index (χ1) is 12.7. The number of benzene rings is 3. The van der Waals surface area contributed by atoms with Gasteiger partial charge in [0.25, 0.3) is 0 Å². The summed E-state index contributed by atoms with van der Waals surface area (Å²) in [7, 11) is -3.34. The molecule has 0 aliphatic heterocycles. The van der Waals surface area contributed by atoms with Gasteiger partial charge < -0.3 is 9.05 Å². The normalized spacial score (nSPS) is 11.4. The summed E-state index contributed by atoms with van der Waals surface area (Å²) >= 11 is 0. The van der Waals surface area contributed by atoms with E-state index in [0.717, 1.165) is 5.56 Å². The van der Waals surface area contributed by atoms with Gasteiger partial charge in [-0.05, 0) is 36.2 Å². The number of rotatable bonds is 8. The van der Waals surface area contributed by atoms with Crippen LogP contribution in [-0.4, -0.2) is 6.16 Å². The molecule has 0 radical (unpaired) electrons. The van der Waals surface area contributed by atoms with Crippen LogP contribution in [0.15, 0.2) is 97.1 Å². The molecule has 3 nitrogen and oxygen atoms in total. The summed E-state index contributed by atoms with van der Waals surface area (Å²) in [4.78, 5) is 0. The van der Waals surface area contributed by atoms with Crippen molar-refractivity contribution in [3.63, 3.8) is 0 Å². The lowest BCUT2D eigenvalue weighted by molar-refractivity contribution is 0.386. The quantitative estimate of drug-likeness (QED) is 0.431. The number of allylic oxidation sites excluding steroid dienone is 1. The van der Waals surface area contributed by atoms with Crippen LogP contribution in [-0.2, 0) is 4.57 Å². The fraction of sp³-hybridized carbons (Fsp3) is 0.0909. The average molecular weight is 364 g/mol. The minimum absolute atomic E-state index is 0.292. The molecule has 0 bridgehead atoms. The highest BCUT2D eigenvalue weighted by atomic mass is 31.2. The van der Waals surface area contributed by atoms with Gasteiger partial charge in [0.05, 0.1) is 6.16 Å². The molecule has 0 fully saturated rings. The molecular weight excluding hydrogens is 343 g/mol. The molecule has 4 heteroatoms. The maximum Gasteiger partial charge on any atom is 0.430 e. The number of para-hydroxylation sites is 2. The van der Waals surface area contributed by atoms with Crippen molar-refractivity contribution in [2.75, 3.05) is 6.16 Å². The zero-order valence-electron chi connectivity index (χ0n) is 14.4. The zero-order chi connectivity index (χ0) is 18.1. The molecule has 0 spiro atoms. The van der Waals surface area contributed by atoms with Gasteiger partial charge in [-0.1, -0.05) is 78.9 Å². The van der Waals surface area contributed by atoms with Gasteiger partial charge in [-0.25, -0.2) is 4.57 Å². The molecule has 0 aliphatic carbocycles. The van der Waals surface area contributed by atoms with Crippen molar-refractivity contribution in [1.82, 2.24) is 0 Å². The van der Waals surface area contributed by atoms with Gasteiger partial charge in [-0.3, -0.25) is 0 Å². The molecule has 3 aromatic carbocycles. The Morgan fingerprint density at radius 2 is 1.15 bits per heavy atom. The van der Waals surface area contributed by atoms with Crippen LogP contribution in [0, 0.1) is 0 Å². The van der Waals surface area contributed by atoms with Crippen LogP contribution in [0.1, 0.15) is 12.0 Å². The standard InChI is InChI=1S/C22H21O3P/c23-26(24-21-15-6-2-7-16-21,25-22-17-8-3-9-18-22)19-11-10-14-20-12-4-1-5-13-20/h1-10,12-18H,11,19H2. The third-order valence-electron chi connectivity index (χ3n) is 3.65. The maximum absolute atomic E-state index is 13.3. The van der Waals surface area contributed by atoms with Crippen molar-refractivity contribution < 1.29 is 13.6 Å². The van der Waals surface area contributed by atoms with Gasteiger partial charge in [-0.15, -0.1) is 0 Å². The highest BCUT2D eigenvalue weighted by Gasteiger charge is 2.27. The largest absolute Gasteiger partial charge is 0.430 e. The summed E-state index contributed by atoms with van der Waals surface area (Å²) < 4.78 is 24.8. The van der Waals surface area contributed by atoms with E-state index in [2.05, 4.69) is 0 Å². The molecule has 3 rings (SSSR count). The van der Waals surface area contributed by atoms with Crippen LogP contribution in [0.2, 0.25) is 0 Å². The highest BCUT2D eigenvalue weighted by Crippen LogP contribution is 2.49. The second-order valence-electron chi connectivity index (χ2n) is 5.74.